The molecule has 0 atom stereocenters. The van der Waals surface area contributed by atoms with Crippen LogP contribution in [0.5, 0.6) is 5.75 Å². The van der Waals surface area contributed by atoms with Crippen LogP contribution in [-0.4, -0.2) is 24.6 Å². The summed E-state index contributed by atoms with van der Waals surface area (Å²) in [4.78, 5) is 12.2. The van der Waals surface area contributed by atoms with Gasteiger partial charge in [0.2, 0.25) is 5.91 Å². The highest BCUT2D eigenvalue weighted by Gasteiger charge is 2.52. The van der Waals surface area contributed by atoms with Gasteiger partial charge in [-0.2, -0.15) is 0 Å². The van der Waals surface area contributed by atoms with Crippen molar-refractivity contribution in [3.63, 3.8) is 0 Å². The minimum Gasteiger partial charge on any atom is -0.493 e. The summed E-state index contributed by atoms with van der Waals surface area (Å²) in [7, 11) is 1.62. The number of amides is 1. The van der Waals surface area contributed by atoms with E-state index >= 15 is 0 Å². The Kier molecular flexibility index (Phi) is 2.55. The first kappa shape index (κ1) is 11.5. The molecule has 4 nitrogen and oxygen atoms in total. The van der Waals surface area contributed by atoms with E-state index in [-0.39, 0.29) is 11.3 Å². The quantitative estimate of drug-likeness (QED) is 0.487. The maximum Gasteiger partial charge on any atom is 0.246 e. The van der Waals surface area contributed by atoms with Gasteiger partial charge in [-0.15, -0.1) is 0 Å². The molecular formula is C14H18N2O2. The molecule has 1 aromatic carbocycles. The van der Waals surface area contributed by atoms with E-state index < -0.39 is 0 Å². The molecule has 1 aliphatic carbocycles. The Labute approximate surface area is 107 Å². The summed E-state index contributed by atoms with van der Waals surface area (Å²) in [5, 5.41) is 1.21. The molecule has 18 heavy (non-hydrogen) atoms. The van der Waals surface area contributed by atoms with E-state index in [0.29, 0.717) is 0 Å². The molecule has 0 saturated heterocycles. The van der Waals surface area contributed by atoms with Crippen molar-refractivity contribution in [2.24, 2.45) is 5.84 Å². The molecule has 0 spiro atoms. The fraction of sp³-hybridized carbons (Fsp3) is 0.500. The largest absolute Gasteiger partial charge is 0.493 e. The van der Waals surface area contributed by atoms with Crippen molar-refractivity contribution in [3.05, 3.63) is 29.3 Å². The molecule has 1 heterocycles. The number of carbonyl (C=O) groups excluding carboxylic acids is 1. The Balaban J connectivity index is 1.95. The molecule has 1 aromatic rings. The van der Waals surface area contributed by atoms with Crippen molar-refractivity contribution in [1.29, 1.82) is 0 Å². The average molecular weight is 246 g/mol. The van der Waals surface area contributed by atoms with Crippen molar-refractivity contribution in [3.8, 4) is 5.75 Å². The highest BCUT2D eigenvalue weighted by molar-refractivity contribution is 5.90. The van der Waals surface area contributed by atoms with Gasteiger partial charge < -0.3 is 4.74 Å². The fourth-order valence-corrected chi connectivity index (χ4v) is 2.75. The van der Waals surface area contributed by atoms with Crippen LogP contribution in [0.3, 0.4) is 0 Å². The zero-order valence-electron chi connectivity index (χ0n) is 10.6. The predicted molar refractivity (Wildman–Crippen MR) is 68.1 cm³/mol. The Morgan fingerprint density at radius 3 is 2.89 bits per heavy atom. The van der Waals surface area contributed by atoms with Crippen LogP contribution in [0.1, 0.15) is 30.4 Å². The van der Waals surface area contributed by atoms with Gasteiger partial charge >= 0.3 is 0 Å². The van der Waals surface area contributed by atoms with Crippen LogP contribution in [0.15, 0.2) is 18.2 Å². The Morgan fingerprint density at radius 2 is 2.22 bits per heavy atom. The molecule has 1 amide bonds. The molecule has 0 unspecified atom stereocenters. The Hall–Kier alpha value is -1.55. The van der Waals surface area contributed by atoms with Crippen molar-refractivity contribution in [2.45, 2.75) is 31.1 Å². The lowest BCUT2D eigenvalue weighted by atomic mass is 9.91. The number of hydrazine groups is 1. The Bertz CT molecular complexity index is 493. The number of carbonyl (C=O) groups is 1. The second-order valence-corrected chi connectivity index (χ2v) is 5.27. The summed E-state index contributed by atoms with van der Waals surface area (Å²) in [6.07, 6.45) is 3.88. The smallest absolute Gasteiger partial charge is 0.246 e. The van der Waals surface area contributed by atoms with Gasteiger partial charge in [0, 0.05) is 7.05 Å². The van der Waals surface area contributed by atoms with Crippen molar-refractivity contribution in [1.82, 2.24) is 5.01 Å². The highest BCUT2D eigenvalue weighted by atomic mass is 16.5. The van der Waals surface area contributed by atoms with Crippen molar-refractivity contribution >= 4 is 5.91 Å². The zero-order valence-corrected chi connectivity index (χ0v) is 10.6. The van der Waals surface area contributed by atoms with Crippen molar-refractivity contribution < 1.29 is 9.53 Å². The molecular weight excluding hydrogens is 228 g/mol. The minimum atomic E-state index is -0.365. The lowest BCUT2D eigenvalue weighted by Crippen LogP contribution is -2.41. The van der Waals surface area contributed by atoms with Gasteiger partial charge in [-0.05, 0) is 42.9 Å². The van der Waals surface area contributed by atoms with Gasteiger partial charge in [0.05, 0.1) is 12.0 Å². The molecule has 0 aromatic heterocycles. The van der Waals surface area contributed by atoms with Crippen LogP contribution in [0, 0.1) is 0 Å². The number of likely N-dealkylation sites (N-methyl/N-ethyl adjacent to an activating group) is 1. The maximum absolute atomic E-state index is 12.2. The first-order valence-electron chi connectivity index (χ1n) is 6.42. The third kappa shape index (κ3) is 1.68. The lowest BCUT2D eigenvalue weighted by Gasteiger charge is -2.23. The first-order valence-corrected chi connectivity index (χ1v) is 6.42. The normalized spacial score (nSPS) is 19.7. The van der Waals surface area contributed by atoms with Gasteiger partial charge in [0.1, 0.15) is 5.75 Å². The summed E-state index contributed by atoms with van der Waals surface area (Å²) in [6, 6.07) is 6.13. The number of hydrogen-bond donors (Lipinski definition) is 1. The fourth-order valence-electron chi connectivity index (χ4n) is 2.75. The van der Waals surface area contributed by atoms with Crippen LogP contribution < -0.4 is 10.6 Å². The summed E-state index contributed by atoms with van der Waals surface area (Å²) in [6.45, 7) is 0.794. The SMILES string of the molecule is CN(N)C(=O)C1(c2ccc3c(c2)CCCO3)CC1. The van der Waals surface area contributed by atoms with Crippen LogP contribution in [0.25, 0.3) is 0 Å². The number of nitrogens with two attached hydrogens (primary N) is 1. The predicted octanol–water partition coefficient (Wildman–Crippen LogP) is 1.38. The topological polar surface area (TPSA) is 55.6 Å². The monoisotopic (exact) mass is 246 g/mol. The van der Waals surface area contributed by atoms with E-state index in [0.717, 1.165) is 43.6 Å². The molecule has 0 radical (unpaired) electrons. The average Bonchev–Trinajstić information content (AvgIpc) is 3.18. The van der Waals surface area contributed by atoms with E-state index in [9.17, 15) is 4.79 Å². The summed E-state index contributed by atoms with van der Waals surface area (Å²) in [5.41, 5.74) is 1.95. The molecule has 1 saturated carbocycles. The standard InChI is InChI=1S/C14H18N2O2/c1-16(15)13(17)14(6-7-14)11-4-5-12-10(9-11)3-2-8-18-12/h4-5,9H,2-3,6-8,15H2,1H3. The molecule has 4 heteroatoms. The number of hydrogen-bond acceptors (Lipinski definition) is 3. The van der Waals surface area contributed by atoms with Gasteiger partial charge in [-0.3, -0.25) is 9.80 Å². The molecule has 3 rings (SSSR count). The van der Waals surface area contributed by atoms with E-state index in [1.54, 1.807) is 7.05 Å². The molecule has 2 N–H and O–H groups in total. The number of ether oxygens (including phenoxy) is 1. The Morgan fingerprint density at radius 1 is 1.44 bits per heavy atom. The third-order valence-electron chi connectivity index (χ3n) is 3.94. The number of aryl methyl sites for hydroxylation is 1. The summed E-state index contributed by atoms with van der Waals surface area (Å²) in [5.74, 6) is 6.58. The number of nitrogens with zero attached hydrogens (tertiary/aromatic N) is 1. The maximum atomic E-state index is 12.2. The zero-order chi connectivity index (χ0) is 12.8. The van der Waals surface area contributed by atoms with Gasteiger partial charge in [0.15, 0.2) is 0 Å². The molecule has 1 aliphatic heterocycles. The van der Waals surface area contributed by atoms with E-state index in [1.165, 1.54) is 10.6 Å². The van der Waals surface area contributed by atoms with Gasteiger partial charge in [0.25, 0.3) is 0 Å². The summed E-state index contributed by atoms with van der Waals surface area (Å²) >= 11 is 0. The minimum absolute atomic E-state index is 0.0131. The van der Waals surface area contributed by atoms with E-state index in [2.05, 4.69) is 6.07 Å². The lowest BCUT2D eigenvalue weighted by molar-refractivity contribution is -0.132. The molecule has 2 aliphatic rings. The van der Waals surface area contributed by atoms with Crippen LogP contribution in [-0.2, 0) is 16.6 Å². The number of fused-ring (bicyclic) bond motifs is 1. The van der Waals surface area contributed by atoms with Gasteiger partial charge in [-0.25, -0.2) is 5.84 Å². The van der Waals surface area contributed by atoms with Crippen LogP contribution >= 0.6 is 0 Å². The van der Waals surface area contributed by atoms with Crippen LogP contribution in [0.2, 0.25) is 0 Å². The number of rotatable bonds is 2. The van der Waals surface area contributed by atoms with Crippen LogP contribution in [0.4, 0.5) is 0 Å². The van der Waals surface area contributed by atoms with Gasteiger partial charge in [-0.1, -0.05) is 12.1 Å². The highest BCUT2D eigenvalue weighted by Crippen LogP contribution is 2.50. The molecule has 1 fully saturated rings. The van der Waals surface area contributed by atoms with E-state index in [4.69, 9.17) is 10.6 Å². The molecule has 96 valence electrons. The summed E-state index contributed by atoms with van der Waals surface area (Å²) < 4.78 is 5.60. The second-order valence-electron chi connectivity index (χ2n) is 5.27. The first-order chi connectivity index (χ1) is 8.63. The number of benzene rings is 1. The third-order valence-corrected chi connectivity index (χ3v) is 3.94. The van der Waals surface area contributed by atoms with Crippen molar-refractivity contribution in [2.75, 3.05) is 13.7 Å². The second kappa shape index (κ2) is 3.99. The molecule has 0 bridgehead atoms. The van der Waals surface area contributed by atoms with E-state index in [1.807, 2.05) is 12.1 Å².